The quantitative estimate of drug-likeness (QED) is 0.596. The first-order valence-corrected chi connectivity index (χ1v) is 5.74. The number of hydrogen-bond acceptors (Lipinski definition) is 4. The Bertz CT molecular complexity index is 474. The van der Waals surface area contributed by atoms with Crippen LogP contribution in [0.25, 0.3) is 0 Å². The second-order valence-electron chi connectivity index (χ2n) is 4.56. The molecule has 1 aliphatic rings. The van der Waals surface area contributed by atoms with Gasteiger partial charge in [0, 0.05) is 16.6 Å². The van der Waals surface area contributed by atoms with Crippen LogP contribution in [0, 0.1) is 5.41 Å². The Balaban J connectivity index is 3.37. The van der Waals surface area contributed by atoms with Gasteiger partial charge in [0.2, 0.25) is 0 Å². The highest BCUT2D eigenvalue weighted by Crippen LogP contribution is 2.42. The van der Waals surface area contributed by atoms with Crippen molar-refractivity contribution in [3.8, 4) is 0 Å². The monoisotopic (exact) mass is 269 g/mol. The molecule has 0 aromatic heterocycles. The summed E-state index contributed by atoms with van der Waals surface area (Å²) < 4.78 is 0. The van der Waals surface area contributed by atoms with Crippen molar-refractivity contribution in [3.05, 3.63) is 11.1 Å². The topological polar surface area (TPSA) is 121 Å². The number of carbonyl (C=O) groups excluding carboxylic acids is 2. The Morgan fingerprint density at radius 1 is 1.11 bits per heavy atom. The summed E-state index contributed by atoms with van der Waals surface area (Å²) in [5.41, 5.74) is -1.29. The highest BCUT2D eigenvalue weighted by atomic mass is 16.4. The van der Waals surface area contributed by atoms with E-state index in [1.165, 1.54) is 6.92 Å². The second kappa shape index (κ2) is 5.21. The fourth-order valence-corrected chi connectivity index (χ4v) is 2.43. The first-order chi connectivity index (χ1) is 8.73. The standard InChI is InChI=1S/C12H15NO6/c1-3-12(4-7(14)15,5-8(16)17)9-6(2)10(18)13-11(9)19/h3-5H2,1-2H3,(H,14,15)(H,16,17)(H,13,18,19). The molecule has 0 radical (unpaired) electrons. The Kier molecular flexibility index (Phi) is 4.08. The summed E-state index contributed by atoms with van der Waals surface area (Å²) in [4.78, 5) is 45.2. The van der Waals surface area contributed by atoms with Gasteiger partial charge in [-0.15, -0.1) is 0 Å². The number of carbonyl (C=O) groups is 4. The van der Waals surface area contributed by atoms with E-state index in [1.807, 2.05) is 0 Å². The molecule has 1 heterocycles. The number of nitrogens with one attached hydrogen (secondary N) is 1. The largest absolute Gasteiger partial charge is 0.481 e. The zero-order valence-corrected chi connectivity index (χ0v) is 10.6. The third-order valence-electron chi connectivity index (χ3n) is 3.36. The van der Waals surface area contributed by atoms with Crippen LogP contribution < -0.4 is 5.32 Å². The van der Waals surface area contributed by atoms with Gasteiger partial charge in [0.15, 0.2) is 0 Å². The number of imide groups is 1. The van der Waals surface area contributed by atoms with Gasteiger partial charge in [0.1, 0.15) is 0 Å². The number of carboxylic acids is 2. The molecule has 0 saturated carbocycles. The van der Waals surface area contributed by atoms with E-state index in [9.17, 15) is 19.2 Å². The summed E-state index contributed by atoms with van der Waals surface area (Å²) in [6.45, 7) is 2.99. The molecule has 0 unspecified atom stereocenters. The number of aliphatic carboxylic acids is 2. The van der Waals surface area contributed by atoms with Crippen LogP contribution in [0.1, 0.15) is 33.1 Å². The summed E-state index contributed by atoms with van der Waals surface area (Å²) in [5.74, 6) is -3.73. The zero-order valence-electron chi connectivity index (χ0n) is 10.6. The van der Waals surface area contributed by atoms with Crippen LogP contribution in [0.4, 0.5) is 0 Å². The first-order valence-electron chi connectivity index (χ1n) is 5.74. The van der Waals surface area contributed by atoms with Gasteiger partial charge in [0.05, 0.1) is 12.8 Å². The Hall–Kier alpha value is -2.18. The van der Waals surface area contributed by atoms with Gasteiger partial charge >= 0.3 is 11.9 Å². The number of hydrogen-bond donors (Lipinski definition) is 3. The highest BCUT2D eigenvalue weighted by Gasteiger charge is 2.45. The van der Waals surface area contributed by atoms with Gasteiger partial charge in [0.25, 0.3) is 11.8 Å². The molecule has 0 saturated heterocycles. The molecule has 104 valence electrons. The molecule has 0 fully saturated rings. The minimum absolute atomic E-state index is 0.0233. The van der Waals surface area contributed by atoms with Crippen molar-refractivity contribution < 1.29 is 29.4 Å². The van der Waals surface area contributed by atoms with E-state index in [4.69, 9.17) is 10.2 Å². The van der Waals surface area contributed by atoms with Crippen molar-refractivity contribution in [1.29, 1.82) is 0 Å². The molecule has 0 aromatic rings. The molecule has 0 atom stereocenters. The maximum atomic E-state index is 11.8. The van der Waals surface area contributed by atoms with E-state index in [-0.39, 0.29) is 17.6 Å². The predicted molar refractivity (Wildman–Crippen MR) is 63.1 cm³/mol. The van der Waals surface area contributed by atoms with E-state index in [1.54, 1.807) is 6.92 Å². The predicted octanol–water partition coefficient (Wildman–Crippen LogP) is 0.305. The molecule has 1 rings (SSSR count). The minimum Gasteiger partial charge on any atom is -0.481 e. The van der Waals surface area contributed by atoms with Gasteiger partial charge in [-0.05, 0) is 13.3 Å². The van der Waals surface area contributed by atoms with Crippen molar-refractivity contribution in [2.45, 2.75) is 33.1 Å². The fourth-order valence-electron chi connectivity index (χ4n) is 2.43. The molecule has 2 amide bonds. The molecule has 3 N–H and O–H groups in total. The summed E-state index contributed by atoms with van der Waals surface area (Å²) in [6, 6.07) is 0. The molecule has 0 aromatic carbocycles. The molecule has 7 heteroatoms. The SMILES string of the molecule is CCC(CC(=O)O)(CC(=O)O)C1=C(C)C(=O)NC1=O. The fraction of sp³-hybridized carbons (Fsp3) is 0.500. The van der Waals surface area contributed by atoms with Crippen molar-refractivity contribution in [2.75, 3.05) is 0 Å². The average molecular weight is 269 g/mol. The van der Waals surface area contributed by atoms with Gasteiger partial charge in [-0.1, -0.05) is 6.92 Å². The van der Waals surface area contributed by atoms with Crippen LogP contribution in [0.5, 0.6) is 0 Å². The lowest BCUT2D eigenvalue weighted by Crippen LogP contribution is -2.34. The van der Waals surface area contributed by atoms with Crippen molar-refractivity contribution in [2.24, 2.45) is 5.41 Å². The second-order valence-corrected chi connectivity index (χ2v) is 4.56. The maximum absolute atomic E-state index is 11.8. The summed E-state index contributed by atoms with van der Waals surface area (Å²) in [7, 11) is 0. The van der Waals surface area contributed by atoms with Crippen molar-refractivity contribution in [1.82, 2.24) is 5.32 Å². The molecule has 0 spiro atoms. The normalized spacial score (nSPS) is 15.7. The van der Waals surface area contributed by atoms with Gasteiger partial charge in [-0.3, -0.25) is 24.5 Å². The lowest BCUT2D eigenvalue weighted by atomic mass is 9.71. The third-order valence-corrected chi connectivity index (χ3v) is 3.36. The number of carboxylic acid groups (broad SMARTS) is 2. The molecule has 19 heavy (non-hydrogen) atoms. The summed E-state index contributed by atoms with van der Waals surface area (Å²) >= 11 is 0. The van der Waals surface area contributed by atoms with E-state index in [0.717, 1.165) is 0 Å². The molecular weight excluding hydrogens is 254 g/mol. The lowest BCUT2D eigenvalue weighted by molar-refractivity contribution is -0.143. The van der Waals surface area contributed by atoms with E-state index in [2.05, 4.69) is 5.32 Å². The molecule has 1 aliphatic heterocycles. The van der Waals surface area contributed by atoms with Gasteiger partial charge in [-0.2, -0.15) is 0 Å². The van der Waals surface area contributed by atoms with Crippen LogP contribution in [-0.2, 0) is 19.2 Å². The zero-order chi connectivity index (χ0) is 14.8. The van der Waals surface area contributed by atoms with E-state index >= 15 is 0 Å². The Morgan fingerprint density at radius 3 is 1.84 bits per heavy atom. The van der Waals surface area contributed by atoms with Crippen molar-refractivity contribution >= 4 is 23.8 Å². The minimum atomic E-state index is -1.36. The third kappa shape index (κ3) is 2.81. The van der Waals surface area contributed by atoms with Crippen LogP contribution >= 0.6 is 0 Å². The summed E-state index contributed by atoms with van der Waals surface area (Å²) in [5, 5.41) is 20.0. The Morgan fingerprint density at radius 2 is 1.58 bits per heavy atom. The average Bonchev–Trinajstić information content (AvgIpc) is 2.51. The van der Waals surface area contributed by atoms with E-state index in [0.29, 0.717) is 0 Å². The highest BCUT2D eigenvalue weighted by molar-refractivity contribution is 6.20. The van der Waals surface area contributed by atoms with Crippen LogP contribution in [0.3, 0.4) is 0 Å². The molecule has 7 nitrogen and oxygen atoms in total. The smallest absolute Gasteiger partial charge is 0.304 e. The van der Waals surface area contributed by atoms with Crippen LogP contribution in [-0.4, -0.2) is 34.0 Å². The van der Waals surface area contributed by atoms with Gasteiger partial charge in [-0.25, -0.2) is 0 Å². The van der Waals surface area contributed by atoms with Crippen LogP contribution in [0.15, 0.2) is 11.1 Å². The number of amides is 2. The lowest BCUT2D eigenvalue weighted by Gasteiger charge is -2.30. The molecule has 0 aliphatic carbocycles. The Labute approximate surface area is 109 Å². The first kappa shape index (κ1) is 14.9. The molecule has 0 bridgehead atoms. The van der Waals surface area contributed by atoms with Crippen LogP contribution in [0.2, 0.25) is 0 Å². The van der Waals surface area contributed by atoms with E-state index < -0.39 is 42.0 Å². The number of rotatable bonds is 6. The summed E-state index contributed by atoms with van der Waals surface area (Å²) in [6.07, 6.45) is -0.884. The molecular formula is C12H15NO6. The van der Waals surface area contributed by atoms with Crippen molar-refractivity contribution in [3.63, 3.8) is 0 Å². The maximum Gasteiger partial charge on any atom is 0.304 e. The van der Waals surface area contributed by atoms with Gasteiger partial charge < -0.3 is 10.2 Å².